The van der Waals surface area contributed by atoms with E-state index in [2.05, 4.69) is 11.8 Å². The lowest BCUT2D eigenvalue weighted by atomic mass is 10.1. The van der Waals surface area contributed by atoms with Crippen LogP contribution in [0.2, 0.25) is 0 Å². The van der Waals surface area contributed by atoms with Crippen molar-refractivity contribution < 1.29 is 14.8 Å². The Hall–Kier alpha value is -2.19. The number of benzene rings is 1. The molecule has 1 aromatic carbocycles. The Balaban J connectivity index is 3.21. The van der Waals surface area contributed by atoms with Gasteiger partial charge in [-0.3, -0.25) is 14.9 Å². The van der Waals surface area contributed by atoms with Gasteiger partial charge in [0.15, 0.2) is 6.29 Å². The standard InChI is InChI=1S/C10H7NO4/c12-5-1-2-8-3-4-9(7-13)10(6-8)11(14)15/h3-6,13H,7H2. The molecule has 0 atom stereocenters. The molecule has 0 heterocycles. The zero-order chi connectivity index (χ0) is 11.3. The fourth-order valence-electron chi connectivity index (χ4n) is 1.06. The number of rotatable bonds is 2. The molecular formula is C10H7NO4. The fraction of sp³-hybridized carbons (Fsp3) is 0.100. The van der Waals surface area contributed by atoms with Gasteiger partial charge in [0, 0.05) is 11.6 Å². The van der Waals surface area contributed by atoms with Gasteiger partial charge in [-0.2, -0.15) is 0 Å². The summed E-state index contributed by atoms with van der Waals surface area (Å²) in [6, 6.07) is 4.14. The summed E-state index contributed by atoms with van der Waals surface area (Å²) in [5.41, 5.74) is 0.387. The van der Waals surface area contributed by atoms with E-state index >= 15 is 0 Å². The Morgan fingerprint density at radius 1 is 1.53 bits per heavy atom. The van der Waals surface area contributed by atoms with E-state index in [9.17, 15) is 14.9 Å². The highest BCUT2D eigenvalue weighted by Gasteiger charge is 2.12. The zero-order valence-electron chi connectivity index (χ0n) is 7.64. The van der Waals surface area contributed by atoms with E-state index in [1.165, 1.54) is 18.2 Å². The van der Waals surface area contributed by atoms with Gasteiger partial charge in [-0.25, -0.2) is 0 Å². The monoisotopic (exact) mass is 205 g/mol. The average Bonchev–Trinajstić information content (AvgIpc) is 2.25. The number of nitrogens with zero attached hydrogens (tertiary/aromatic N) is 1. The number of hydrogen-bond donors (Lipinski definition) is 1. The van der Waals surface area contributed by atoms with Crippen LogP contribution in [0.25, 0.3) is 0 Å². The lowest BCUT2D eigenvalue weighted by Crippen LogP contribution is -1.95. The van der Waals surface area contributed by atoms with Gasteiger partial charge < -0.3 is 5.11 Å². The summed E-state index contributed by atoms with van der Waals surface area (Å²) in [5, 5.41) is 19.4. The van der Waals surface area contributed by atoms with E-state index in [0.29, 0.717) is 11.8 Å². The highest BCUT2D eigenvalue weighted by Crippen LogP contribution is 2.19. The van der Waals surface area contributed by atoms with E-state index in [1.54, 1.807) is 0 Å². The van der Waals surface area contributed by atoms with Gasteiger partial charge in [-0.1, -0.05) is 5.92 Å². The second-order valence-electron chi connectivity index (χ2n) is 2.65. The molecule has 1 N–H and O–H groups in total. The number of nitro benzene ring substituents is 1. The first-order chi connectivity index (χ1) is 7.19. The Bertz CT molecular complexity index is 456. The van der Waals surface area contributed by atoms with Crippen LogP contribution in [-0.2, 0) is 11.4 Å². The van der Waals surface area contributed by atoms with Crippen LogP contribution in [0.4, 0.5) is 5.69 Å². The molecule has 0 fully saturated rings. The SMILES string of the molecule is O=CC#Cc1ccc(CO)c([N+](=O)[O-])c1. The molecule has 0 aromatic heterocycles. The van der Waals surface area contributed by atoms with Crippen molar-refractivity contribution in [2.75, 3.05) is 0 Å². The Morgan fingerprint density at radius 2 is 2.27 bits per heavy atom. The number of carbonyl (C=O) groups is 1. The molecule has 1 aromatic rings. The van der Waals surface area contributed by atoms with Crippen LogP contribution in [0, 0.1) is 22.0 Å². The highest BCUT2D eigenvalue weighted by atomic mass is 16.6. The molecule has 0 aliphatic rings. The van der Waals surface area contributed by atoms with E-state index < -0.39 is 11.5 Å². The number of aliphatic hydroxyl groups is 1. The third-order valence-electron chi connectivity index (χ3n) is 1.73. The van der Waals surface area contributed by atoms with Crippen LogP contribution in [-0.4, -0.2) is 16.3 Å². The van der Waals surface area contributed by atoms with Crippen molar-refractivity contribution in [2.45, 2.75) is 6.61 Å². The molecule has 0 saturated heterocycles. The molecule has 0 bridgehead atoms. The number of hydrogen-bond acceptors (Lipinski definition) is 4. The number of carbonyl (C=O) groups excluding carboxylic acids is 1. The lowest BCUT2D eigenvalue weighted by molar-refractivity contribution is -0.385. The summed E-state index contributed by atoms with van der Waals surface area (Å²) < 4.78 is 0. The first-order valence-electron chi connectivity index (χ1n) is 4.02. The Kier molecular flexibility index (Phi) is 3.55. The molecule has 15 heavy (non-hydrogen) atoms. The smallest absolute Gasteiger partial charge is 0.276 e. The molecule has 0 aliphatic heterocycles. The molecule has 0 radical (unpaired) electrons. The van der Waals surface area contributed by atoms with Crippen LogP contribution in [0.1, 0.15) is 11.1 Å². The Labute approximate surface area is 85.5 Å². The summed E-state index contributed by atoms with van der Waals surface area (Å²) in [4.78, 5) is 20.0. The minimum Gasteiger partial charge on any atom is -0.391 e. The molecule has 1 rings (SSSR count). The predicted molar refractivity (Wildman–Crippen MR) is 52.0 cm³/mol. The van der Waals surface area contributed by atoms with Gasteiger partial charge in [-0.05, 0) is 18.1 Å². The molecule has 0 aliphatic carbocycles. The van der Waals surface area contributed by atoms with Gasteiger partial charge >= 0.3 is 0 Å². The van der Waals surface area contributed by atoms with Crippen molar-refractivity contribution in [3.8, 4) is 11.8 Å². The van der Waals surface area contributed by atoms with Crippen molar-refractivity contribution in [3.05, 3.63) is 39.4 Å². The summed E-state index contributed by atoms with van der Waals surface area (Å²) in [6.07, 6.45) is 0.409. The second-order valence-corrected chi connectivity index (χ2v) is 2.65. The van der Waals surface area contributed by atoms with Crippen LogP contribution >= 0.6 is 0 Å². The molecular weight excluding hydrogens is 198 g/mol. The molecule has 0 saturated carbocycles. The number of aldehydes is 1. The van der Waals surface area contributed by atoms with Gasteiger partial charge in [0.05, 0.1) is 17.1 Å². The molecule has 76 valence electrons. The predicted octanol–water partition coefficient (Wildman–Crippen LogP) is 0.637. The van der Waals surface area contributed by atoms with E-state index in [0.717, 1.165) is 0 Å². The normalized spacial score (nSPS) is 8.87. The maximum Gasteiger partial charge on any atom is 0.276 e. The van der Waals surface area contributed by atoms with Crippen molar-refractivity contribution in [1.82, 2.24) is 0 Å². The van der Waals surface area contributed by atoms with Crippen molar-refractivity contribution in [1.29, 1.82) is 0 Å². The zero-order valence-corrected chi connectivity index (χ0v) is 7.64. The van der Waals surface area contributed by atoms with E-state index in [-0.39, 0.29) is 11.3 Å². The van der Waals surface area contributed by atoms with Gasteiger partial charge in [0.1, 0.15) is 0 Å². The number of nitro groups is 1. The summed E-state index contributed by atoms with van der Waals surface area (Å²) in [7, 11) is 0. The first kappa shape index (κ1) is 10.9. The van der Waals surface area contributed by atoms with Gasteiger partial charge in [0.2, 0.25) is 0 Å². The van der Waals surface area contributed by atoms with Crippen LogP contribution < -0.4 is 0 Å². The summed E-state index contributed by atoms with van der Waals surface area (Å²) in [6.45, 7) is -0.405. The van der Waals surface area contributed by atoms with Crippen LogP contribution in [0.3, 0.4) is 0 Å². The average molecular weight is 205 g/mol. The van der Waals surface area contributed by atoms with Gasteiger partial charge in [-0.15, -0.1) is 0 Å². The molecule has 0 unspecified atom stereocenters. The minimum absolute atomic E-state index is 0.199. The van der Waals surface area contributed by atoms with E-state index in [4.69, 9.17) is 5.11 Å². The van der Waals surface area contributed by atoms with Gasteiger partial charge in [0.25, 0.3) is 5.69 Å². The molecule has 5 nitrogen and oxygen atoms in total. The van der Waals surface area contributed by atoms with Crippen molar-refractivity contribution in [3.63, 3.8) is 0 Å². The highest BCUT2D eigenvalue weighted by molar-refractivity contribution is 5.74. The maximum atomic E-state index is 10.6. The lowest BCUT2D eigenvalue weighted by Gasteiger charge is -1.98. The third kappa shape index (κ3) is 2.62. The van der Waals surface area contributed by atoms with Crippen LogP contribution in [0.5, 0.6) is 0 Å². The first-order valence-corrected chi connectivity index (χ1v) is 4.02. The summed E-state index contributed by atoms with van der Waals surface area (Å²) >= 11 is 0. The summed E-state index contributed by atoms with van der Waals surface area (Å²) in [5.74, 6) is 4.59. The maximum absolute atomic E-state index is 10.6. The topological polar surface area (TPSA) is 80.4 Å². The van der Waals surface area contributed by atoms with Crippen molar-refractivity contribution >= 4 is 12.0 Å². The largest absolute Gasteiger partial charge is 0.391 e. The van der Waals surface area contributed by atoms with Crippen molar-refractivity contribution in [2.24, 2.45) is 0 Å². The van der Waals surface area contributed by atoms with E-state index in [1.807, 2.05) is 0 Å². The molecule has 0 spiro atoms. The Morgan fingerprint density at radius 3 is 2.80 bits per heavy atom. The number of aliphatic hydroxyl groups excluding tert-OH is 1. The third-order valence-corrected chi connectivity index (χ3v) is 1.73. The fourth-order valence-corrected chi connectivity index (χ4v) is 1.06. The minimum atomic E-state index is -0.600. The second kappa shape index (κ2) is 4.88. The molecule has 0 amide bonds. The quantitative estimate of drug-likeness (QED) is 0.332. The molecule has 5 heteroatoms. The van der Waals surface area contributed by atoms with Crippen LogP contribution in [0.15, 0.2) is 18.2 Å².